The molecule has 1 aliphatic rings. The first-order chi connectivity index (χ1) is 14.7. The highest BCUT2D eigenvalue weighted by Gasteiger charge is 2.26. The molecule has 0 unspecified atom stereocenters. The molecular weight excluding hydrogens is 416 g/mol. The Bertz CT molecular complexity index is 1160. The maximum Gasteiger partial charge on any atom is 0.253 e. The Morgan fingerprint density at radius 3 is 2.67 bits per heavy atom. The van der Waals surface area contributed by atoms with E-state index in [-0.39, 0.29) is 5.91 Å². The van der Waals surface area contributed by atoms with Crippen molar-refractivity contribution in [1.29, 1.82) is 0 Å². The monoisotopic (exact) mass is 436 g/mol. The van der Waals surface area contributed by atoms with Crippen LogP contribution in [0.1, 0.15) is 39.7 Å². The van der Waals surface area contributed by atoms with Gasteiger partial charge < -0.3 is 9.47 Å². The van der Waals surface area contributed by atoms with Crippen LogP contribution in [0.3, 0.4) is 0 Å². The molecular formula is C23H21ClN4OS. The Morgan fingerprint density at radius 1 is 1.13 bits per heavy atom. The van der Waals surface area contributed by atoms with Gasteiger partial charge >= 0.3 is 0 Å². The molecule has 0 N–H and O–H groups in total. The van der Waals surface area contributed by atoms with E-state index in [4.69, 9.17) is 16.6 Å². The van der Waals surface area contributed by atoms with E-state index in [0.29, 0.717) is 5.92 Å². The molecule has 1 amide bonds. The predicted octanol–water partition coefficient (Wildman–Crippen LogP) is 5.21. The van der Waals surface area contributed by atoms with E-state index >= 15 is 0 Å². The molecule has 2 aromatic carbocycles. The van der Waals surface area contributed by atoms with Crippen molar-refractivity contribution >= 4 is 39.1 Å². The number of rotatable bonds is 4. The molecule has 30 heavy (non-hydrogen) atoms. The number of benzene rings is 2. The lowest BCUT2D eigenvalue weighted by molar-refractivity contribution is 0.0713. The Balaban J connectivity index is 1.22. The summed E-state index contributed by atoms with van der Waals surface area (Å²) in [6.07, 6.45) is 7.38. The molecule has 5 nitrogen and oxygen atoms in total. The summed E-state index contributed by atoms with van der Waals surface area (Å²) < 4.78 is 3.18. The maximum atomic E-state index is 12.9. The number of carbonyl (C=O) groups is 1. The van der Waals surface area contributed by atoms with Crippen molar-refractivity contribution in [1.82, 2.24) is 19.4 Å². The van der Waals surface area contributed by atoms with Gasteiger partial charge in [-0.05, 0) is 48.7 Å². The topological polar surface area (TPSA) is 51.0 Å². The average molecular weight is 437 g/mol. The fourth-order valence-electron chi connectivity index (χ4n) is 3.95. The predicted molar refractivity (Wildman–Crippen MR) is 120 cm³/mol. The van der Waals surface area contributed by atoms with E-state index < -0.39 is 0 Å². The number of aromatic nitrogens is 3. The van der Waals surface area contributed by atoms with Gasteiger partial charge in [0, 0.05) is 48.5 Å². The molecule has 4 aromatic rings. The van der Waals surface area contributed by atoms with Crippen LogP contribution in [0, 0.1) is 0 Å². The van der Waals surface area contributed by atoms with Crippen molar-refractivity contribution in [3.05, 3.63) is 82.3 Å². The summed E-state index contributed by atoms with van der Waals surface area (Å²) >= 11 is 7.83. The Hall–Kier alpha value is -2.70. The second-order valence-corrected chi connectivity index (χ2v) is 9.16. The standard InChI is InChI=1S/C23H21ClN4OS/c24-19-5-6-21-20(13-19)26-22(30-21)17-7-10-28(11-8-17)23(29)18-3-1-16(2-4-18)14-27-12-9-25-15-27/h1-6,9,12-13,15,17H,7-8,10-11,14H2. The minimum absolute atomic E-state index is 0.110. The molecule has 1 saturated heterocycles. The largest absolute Gasteiger partial charge is 0.339 e. The van der Waals surface area contributed by atoms with Gasteiger partial charge in [0.2, 0.25) is 0 Å². The number of amides is 1. The highest BCUT2D eigenvalue weighted by Crippen LogP contribution is 2.35. The minimum Gasteiger partial charge on any atom is -0.339 e. The highest BCUT2D eigenvalue weighted by atomic mass is 35.5. The van der Waals surface area contributed by atoms with E-state index in [0.717, 1.165) is 59.1 Å². The zero-order chi connectivity index (χ0) is 20.5. The third-order valence-corrected chi connectivity index (χ3v) is 7.06. The first-order valence-corrected chi connectivity index (χ1v) is 11.2. The van der Waals surface area contributed by atoms with Crippen LogP contribution in [0.4, 0.5) is 0 Å². The van der Waals surface area contributed by atoms with Gasteiger partial charge in [0.05, 0.1) is 21.6 Å². The summed E-state index contributed by atoms with van der Waals surface area (Å²) in [6, 6.07) is 13.8. The number of thiazole rings is 1. The van der Waals surface area contributed by atoms with Crippen molar-refractivity contribution in [3.8, 4) is 0 Å². The van der Waals surface area contributed by atoms with Crippen LogP contribution in [0.15, 0.2) is 61.2 Å². The Labute approximate surface area is 183 Å². The van der Waals surface area contributed by atoms with Gasteiger partial charge in [-0.1, -0.05) is 23.7 Å². The lowest BCUT2D eigenvalue weighted by atomic mass is 9.97. The van der Waals surface area contributed by atoms with Crippen molar-refractivity contribution in [3.63, 3.8) is 0 Å². The third-order valence-electron chi connectivity index (χ3n) is 5.62. The van der Waals surface area contributed by atoms with Crippen LogP contribution in [-0.2, 0) is 6.54 Å². The highest BCUT2D eigenvalue weighted by molar-refractivity contribution is 7.18. The van der Waals surface area contributed by atoms with Crippen LogP contribution < -0.4 is 0 Å². The van der Waals surface area contributed by atoms with Gasteiger partial charge in [-0.15, -0.1) is 11.3 Å². The van der Waals surface area contributed by atoms with E-state index in [2.05, 4.69) is 4.98 Å². The Kier molecular flexibility index (Phi) is 5.27. The normalized spacial score (nSPS) is 15.0. The SMILES string of the molecule is O=C(c1ccc(Cn2ccnc2)cc1)N1CCC(c2nc3cc(Cl)ccc3s2)CC1. The molecule has 1 aliphatic heterocycles. The first-order valence-electron chi connectivity index (χ1n) is 10.1. The number of hydrogen-bond acceptors (Lipinski definition) is 4. The molecule has 0 atom stereocenters. The van der Waals surface area contributed by atoms with Gasteiger partial charge in [-0.2, -0.15) is 0 Å². The molecule has 0 bridgehead atoms. The van der Waals surface area contributed by atoms with Crippen LogP contribution in [0.2, 0.25) is 5.02 Å². The van der Waals surface area contributed by atoms with Crippen LogP contribution in [-0.4, -0.2) is 38.4 Å². The van der Waals surface area contributed by atoms with E-state index in [1.54, 1.807) is 23.9 Å². The number of nitrogens with zero attached hydrogens (tertiary/aromatic N) is 4. The van der Waals surface area contributed by atoms with Crippen LogP contribution >= 0.6 is 22.9 Å². The van der Waals surface area contributed by atoms with Crippen molar-refractivity contribution in [2.24, 2.45) is 0 Å². The smallest absolute Gasteiger partial charge is 0.253 e. The number of imidazole rings is 1. The summed E-state index contributed by atoms with van der Waals surface area (Å²) in [6.45, 7) is 2.28. The number of piperidine rings is 1. The summed E-state index contributed by atoms with van der Waals surface area (Å²) in [5.74, 6) is 0.515. The van der Waals surface area contributed by atoms with Crippen molar-refractivity contribution in [2.45, 2.75) is 25.3 Å². The number of carbonyl (C=O) groups excluding carboxylic acids is 1. The average Bonchev–Trinajstić information content (AvgIpc) is 3.43. The molecule has 0 radical (unpaired) electrons. The van der Waals surface area contributed by atoms with Crippen molar-refractivity contribution < 1.29 is 4.79 Å². The molecule has 0 saturated carbocycles. The molecule has 0 aliphatic carbocycles. The van der Waals surface area contributed by atoms with Gasteiger partial charge in [0.25, 0.3) is 5.91 Å². The van der Waals surface area contributed by atoms with Gasteiger partial charge in [-0.25, -0.2) is 9.97 Å². The number of fused-ring (bicyclic) bond motifs is 1. The molecule has 0 spiro atoms. The molecule has 1 fully saturated rings. The molecule has 152 valence electrons. The molecule has 7 heteroatoms. The van der Waals surface area contributed by atoms with Gasteiger partial charge in [0.1, 0.15) is 0 Å². The lowest BCUT2D eigenvalue weighted by Crippen LogP contribution is -2.37. The summed E-state index contributed by atoms with van der Waals surface area (Å²) in [7, 11) is 0. The van der Waals surface area contributed by atoms with E-state index in [1.807, 2.05) is 58.1 Å². The molecule has 5 rings (SSSR count). The fraction of sp³-hybridized carbons (Fsp3) is 0.261. The summed E-state index contributed by atoms with van der Waals surface area (Å²) in [5, 5.41) is 1.87. The molecule has 2 aromatic heterocycles. The zero-order valence-corrected chi connectivity index (χ0v) is 17.9. The van der Waals surface area contributed by atoms with Crippen molar-refractivity contribution in [2.75, 3.05) is 13.1 Å². The Morgan fingerprint density at radius 2 is 1.93 bits per heavy atom. The number of halogens is 1. The van der Waals surface area contributed by atoms with Crippen LogP contribution in [0.25, 0.3) is 10.2 Å². The minimum atomic E-state index is 0.110. The number of likely N-dealkylation sites (tertiary alicyclic amines) is 1. The first kappa shape index (κ1) is 19.3. The lowest BCUT2D eigenvalue weighted by Gasteiger charge is -2.31. The fourth-order valence-corrected chi connectivity index (χ4v) is 5.23. The zero-order valence-electron chi connectivity index (χ0n) is 16.4. The van der Waals surface area contributed by atoms with Gasteiger partial charge in [-0.3, -0.25) is 4.79 Å². The van der Waals surface area contributed by atoms with E-state index in [1.165, 1.54) is 4.70 Å². The third kappa shape index (κ3) is 3.98. The molecule has 3 heterocycles. The quantitative estimate of drug-likeness (QED) is 0.441. The summed E-state index contributed by atoms with van der Waals surface area (Å²) in [5.41, 5.74) is 2.87. The number of hydrogen-bond donors (Lipinski definition) is 0. The van der Waals surface area contributed by atoms with Gasteiger partial charge in [0.15, 0.2) is 0 Å². The van der Waals surface area contributed by atoms with E-state index in [9.17, 15) is 4.79 Å². The summed E-state index contributed by atoms with van der Waals surface area (Å²) in [4.78, 5) is 23.7. The second-order valence-electron chi connectivity index (χ2n) is 7.66. The maximum absolute atomic E-state index is 12.9. The van der Waals surface area contributed by atoms with Crippen LogP contribution in [0.5, 0.6) is 0 Å². The second kappa shape index (κ2) is 8.20.